The summed E-state index contributed by atoms with van der Waals surface area (Å²) in [6.45, 7) is 8.34. The summed E-state index contributed by atoms with van der Waals surface area (Å²) in [6.07, 6.45) is 3.59. The number of piperidine rings is 1. The molecule has 2 amide bonds. The number of likely N-dealkylation sites (tertiary alicyclic amines) is 1. The van der Waals surface area contributed by atoms with Crippen LogP contribution in [0.2, 0.25) is 0 Å². The van der Waals surface area contributed by atoms with Crippen molar-refractivity contribution in [3.8, 4) is 0 Å². The van der Waals surface area contributed by atoms with Gasteiger partial charge in [0.25, 0.3) is 0 Å². The van der Waals surface area contributed by atoms with E-state index in [0.29, 0.717) is 12.6 Å². The predicted octanol–water partition coefficient (Wildman–Crippen LogP) is 0.557. The minimum absolute atomic E-state index is 0.245. The zero-order chi connectivity index (χ0) is 13.0. The normalized spacial score (nSPS) is 24.1. The summed E-state index contributed by atoms with van der Waals surface area (Å²) in [6, 6.07) is 0.673. The van der Waals surface area contributed by atoms with Crippen molar-refractivity contribution in [2.24, 2.45) is 5.73 Å². The molecule has 2 rings (SSSR count). The first-order valence-corrected chi connectivity index (χ1v) is 7.20. The van der Waals surface area contributed by atoms with Crippen LogP contribution in [0.1, 0.15) is 26.2 Å². The molecule has 1 atom stereocenters. The third kappa shape index (κ3) is 3.14. The van der Waals surface area contributed by atoms with Crippen LogP contribution in [0.25, 0.3) is 0 Å². The number of urea groups is 1. The average Bonchev–Trinajstić information content (AvgIpc) is 2.47. The first-order valence-electron chi connectivity index (χ1n) is 7.20. The summed E-state index contributed by atoms with van der Waals surface area (Å²) in [4.78, 5) is 18.7. The van der Waals surface area contributed by atoms with E-state index in [1.54, 1.807) is 0 Å². The molecule has 0 aromatic heterocycles. The van der Waals surface area contributed by atoms with E-state index in [1.165, 1.54) is 6.42 Å². The number of carbonyl (C=O) groups excluding carboxylic acids is 1. The summed E-state index contributed by atoms with van der Waals surface area (Å²) in [5.41, 5.74) is 5.68. The lowest BCUT2D eigenvalue weighted by Crippen LogP contribution is -2.56. The predicted molar refractivity (Wildman–Crippen MR) is 72.5 cm³/mol. The molecule has 18 heavy (non-hydrogen) atoms. The minimum atomic E-state index is 0.245. The molecular formula is C13H26N4O. The first-order chi connectivity index (χ1) is 8.72. The lowest BCUT2D eigenvalue weighted by atomic mass is 10.1. The van der Waals surface area contributed by atoms with E-state index >= 15 is 0 Å². The highest BCUT2D eigenvalue weighted by atomic mass is 16.2. The highest BCUT2D eigenvalue weighted by molar-refractivity contribution is 5.74. The van der Waals surface area contributed by atoms with Gasteiger partial charge in [-0.25, -0.2) is 4.79 Å². The fraction of sp³-hybridized carbons (Fsp3) is 0.923. The van der Waals surface area contributed by atoms with E-state index in [0.717, 1.165) is 52.1 Å². The number of hydrogen-bond acceptors (Lipinski definition) is 3. The number of carbonyl (C=O) groups is 1. The van der Waals surface area contributed by atoms with E-state index in [2.05, 4.69) is 11.8 Å². The van der Waals surface area contributed by atoms with Gasteiger partial charge in [-0.2, -0.15) is 0 Å². The third-order valence-corrected chi connectivity index (χ3v) is 4.18. The van der Waals surface area contributed by atoms with Crippen LogP contribution < -0.4 is 5.73 Å². The van der Waals surface area contributed by atoms with Crippen molar-refractivity contribution in [2.45, 2.75) is 32.2 Å². The molecule has 1 unspecified atom stereocenters. The second-order valence-corrected chi connectivity index (χ2v) is 5.44. The SMILES string of the molecule is CC(CN)N1CCN(C(=O)N2CCCCC2)CC1. The van der Waals surface area contributed by atoms with Crippen molar-refractivity contribution in [1.82, 2.24) is 14.7 Å². The molecule has 5 nitrogen and oxygen atoms in total. The number of nitrogens with zero attached hydrogens (tertiary/aromatic N) is 3. The van der Waals surface area contributed by atoms with Crippen molar-refractivity contribution in [3.63, 3.8) is 0 Å². The minimum Gasteiger partial charge on any atom is -0.329 e. The van der Waals surface area contributed by atoms with Crippen LogP contribution in [0.4, 0.5) is 4.79 Å². The average molecular weight is 254 g/mol. The van der Waals surface area contributed by atoms with Crippen LogP contribution in [0.15, 0.2) is 0 Å². The second-order valence-electron chi connectivity index (χ2n) is 5.44. The molecule has 0 aromatic carbocycles. The fourth-order valence-corrected chi connectivity index (χ4v) is 2.79. The Balaban J connectivity index is 1.79. The van der Waals surface area contributed by atoms with Crippen molar-refractivity contribution < 1.29 is 4.79 Å². The van der Waals surface area contributed by atoms with Crippen LogP contribution in [0, 0.1) is 0 Å². The lowest BCUT2D eigenvalue weighted by molar-refractivity contribution is 0.0928. The molecule has 0 radical (unpaired) electrons. The Morgan fingerprint density at radius 3 is 2.11 bits per heavy atom. The molecule has 2 heterocycles. The summed E-state index contributed by atoms with van der Waals surface area (Å²) in [7, 11) is 0. The Hall–Kier alpha value is -0.810. The van der Waals surface area contributed by atoms with Gasteiger partial charge in [-0.1, -0.05) is 0 Å². The fourth-order valence-electron chi connectivity index (χ4n) is 2.79. The Bertz CT molecular complexity index is 270. The topological polar surface area (TPSA) is 52.8 Å². The highest BCUT2D eigenvalue weighted by Crippen LogP contribution is 2.13. The van der Waals surface area contributed by atoms with E-state index in [-0.39, 0.29) is 6.03 Å². The molecule has 0 saturated carbocycles. The molecule has 0 aliphatic carbocycles. The monoisotopic (exact) mass is 254 g/mol. The standard InChI is InChI=1S/C13H26N4O/c1-12(11-14)15-7-9-17(10-8-15)13(18)16-5-3-2-4-6-16/h12H,2-11,14H2,1H3. The van der Waals surface area contributed by atoms with Crippen molar-refractivity contribution in [3.05, 3.63) is 0 Å². The van der Waals surface area contributed by atoms with Crippen LogP contribution in [0.3, 0.4) is 0 Å². The molecule has 0 aromatic rings. The number of hydrogen-bond donors (Lipinski definition) is 1. The molecular weight excluding hydrogens is 228 g/mol. The highest BCUT2D eigenvalue weighted by Gasteiger charge is 2.27. The van der Waals surface area contributed by atoms with Crippen molar-refractivity contribution in [2.75, 3.05) is 45.8 Å². The third-order valence-electron chi connectivity index (χ3n) is 4.18. The number of piperazine rings is 1. The smallest absolute Gasteiger partial charge is 0.320 e. The van der Waals surface area contributed by atoms with Crippen molar-refractivity contribution in [1.29, 1.82) is 0 Å². The molecule has 2 saturated heterocycles. The van der Waals surface area contributed by atoms with E-state index in [4.69, 9.17) is 5.73 Å². The number of amides is 2. The van der Waals surface area contributed by atoms with Gasteiger partial charge in [0, 0.05) is 51.9 Å². The first kappa shape index (κ1) is 13.6. The van der Waals surface area contributed by atoms with Gasteiger partial charge in [0.15, 0.2) is 0 Å². The van der Waals surface area contributed by atoms with Crippen molar-refractivity contribution >= 4 is 6.03 Å². The summed E-state index contributed by atoms with van der Waals surface area (Å²) in [5, 5.41) is 0. The quantitative estimate of drug-likeness (QED) is 0.783. The Morgan fingerprint density at radius 1 is 1.00 bits per heavy atom. The van der Waals surface area contributed by atoms with E-state index < -0.39 is 0 Å². The summed E-state index contributed by atoms with van der Waals surface area (Å²) < 4.78 is 0. The van der Waals surface area contributed by atoms with Gasteiger partial charge >= 0.3 is 6.03 Å². The molecule has 2 N–H and O–H groups in total. The molecule has 0 spiro atoms. The maximum atomic E-state index is 12.3. The lowest BCUT2D eigenvalue weighted by Gasteiger charge is -2.40. The van der Waals surface area contributed by atoms with Crippen LogP contribution >= 0.6 is 0 Å². The van der Waals surface area contributed by atoms with Gasteiger partial charge in [-0.05, 0) is 26.2 Å². The number of nitrogens with two attached hydrogens (primary N) is 1. The van der Waals surface area contributed by atoms with Crippen LogP contribution in [-0.2, 0) is 0 Å². The molecule has 2 fully saturated rings. The van der Waals surface area contributed by atoms with Gasteiger partial charge in [-0.15, -0.1) is 0 Å². The molecule has 5 heteroatoms. The second kappa shape index (κ2) is 6.38. The van der Waals surface area contributed by atoms with Crippen LogP contribution in [0.5, 0.6) is 0 Å². The molecule has 2 aliphatic rings. The largest absolute Gasteiger partial charge is 0.329 e. The zero-order valence-corrected chi connectivity index (χ0v) is 11.5. The molecule has 0 bridgehead atoms. The van der Waals surface area contributed by atoms with Gasteiger partial charge in [0.2, 0.25) is 0 Å². The van der Waals surface area contributed by atoms with Gasteiger partial charge in [0.05, 0.1) is 0 Å². The van der Waals surface area contributed by atoms with Gasteiger partial charge in [-0.3, -0.25) is 4.90 Å². The maximum absolute atomic E-state index is 12.3. The van der Waals surface area contributed by atoms with Gasteiger partial charge in [0.1, 0.15) is 0 Å². The maximum Gasteiger partial charge on any atom is 0.320 e. The Morgan fingerprint density at radius 2 is 1.56 bits per heavy atom. The number of rotatable bonds is 2. The summed E-state index contributed by atoms with van der Waals surface area (Å²) >= 11 is 0. The molecule has 2 aliphatic heterocycles. The van der Waals surface area contributed by atoms with E-state index in [1.807, 2.05) is 9.80 Å². The molecule has 104 valence electrons. The Kier molecular flexibility index (Phi) is 4.83. The van der Waals surface area contributed by atoms with Crippen LogP contribution in [-0.4, -0.2) is 72.6 Å². The van der Waals surface area contributed by atoms with E-state index in [9.17, 15) is 4.79 Å². The zero-order valence-electron chi connectivity index (χ0n) is 11.5. The van der Waals surface area contributed by atoms with Gasteiger partial charge < -0.3 is 15.5 Å². The Labute approximate surface area is 110 Å². The summed E-state index contributed by atoms with van der Waals surface area (Å²) in [5.74, 6) is 0.